The van der Waals surface area contributed by atoms with Gasteiger partial charge in [0.25, 0.3) is 11.8 Å². The lowest BCUT2D eigenvalue weighted by molar-refractivity contribution is -0.120. The Kier molecular flexibility index (Phi) is 5.48. The molecule has 1 N–H and O–H groups in total. The molecule has 0 saturated carbocycles. The van der Waals surface area contributed by atoms with Crippen LogP contribution >= 0.6 is 23.2 Å². The van der Waals surface area contributed by atoms with Gasteiger partial charge in [-0.2, -0.15) is 0 Å². The summed E-state index contributed by atoms with van der Waals surface area (Å²) in [5.74, 6) is -0.405. The molecule has 0 aromatic heterocycles. The van der Waals surface area contributed by atoms with E-state index in [1.54, 1.807) is 54.6 Å². The van der Waals surface area contributed by atoms with E-state index in [1.807, 2.05) is 18.2 Å². The fourth-order valence-electron chi connectivity index (χ4n) is 3.26. The van der Waals surface area contributed by atoms with Gasteiger partial charge < -0.3 is 10.1 Å². The number of anilines is 2. The quantitative estimate of drug-likeness (QED) is 0.541. The van der Waals surface area contributed by atoms with Crippen molar-refractivity contribution in [3.05, 3.63) is 94.1 Å². The lowest BCUT2D eigenvalue weighted by Gasteiger charge is -2.15. The molecule has 0 aliphatic carbocycles. The molecule has 2 amide bonds. The van der Waals surface area contributed by atoms with Crippen molar-refractivity contribution in [2.45, 2.75) is 0 Å². The number of carbonyl (C=O) groups is 2. The van der Waals surface area contributed by atoms with Gasteiger partial charge in [0.1, 0.15) is 11.4 Å². The van der Waals surface area contributed by atoms with Gasteiger partial charge in [-0.25, -0.2) is 4.90 Å². The lowest BCUT2D eigenvalue weighted by atomic mass is 10.0. The van der Waals surface area contributed by atoms with E-state index in [9.17, 15) is 9.59 Å². The minimum atomic E-state index is -0.479. The number of hydrogen-bond donors (Lipinski definition) is 1. The monoisotopic (exact) mass is 438 g/mol. The topological polar surface area (TPSA) is 58.6 Å². The van der Waals surface area contributed by atoms with Gasteiger partial charge in [-0.05, 0) is 42.0 Å². The third kappa shape index (κ3) is 3.65. The highest BCUT2D eigenvalue weighted by molar-refractivity contribution is 6.46. The number of nitrogens with one attached hydrogen (secondary N) is 1. The lowest BCUT2D eigenvalue weighted by Crippen LogP contribution is -2.32. The molecule has 1 aliphatic rings. The second-order valence-electron chi connectivity index (χ2n) is 6.52. The molecule has 150 valence electrons. The molecule has 30 heavy (non-hydrogen) atoms. The number of hydrogen-bond acceptors (Lipinski definition) is 4. The molecule has 1 heterocycles. The molecule has 0 fully saturated rings. The van der Waals surface area contributed by atoms with Crippen LogP contribution in [0.5, 0.6) is 5.75 Å². The summed E-state index contributed by atoms with van der Waals surface area (Å²) in [6.45, 7) is 0. The van der Waals surface area contributed by atoms with E-state index in [4.69, 9.17) is 27.9 Å². The number of halogens is 2. The minimum Gasteiger partial charge on any atom is -0.495 e. The summed E-state index contributed by atoms with van der Waals surface area (Å²) in [6.07, 6.45) is 0. The van der Waals surface area contributed by atoms with Crippen LogP contribution in [0.25, 0.3) is 5.57 Å². The summed E-state index contributed by atoms with van der Waals surface area (Å²) < 4.78 is 5.17. The van der Waals surface area contributed by atoms with Crippen LogP contribution in [0.15, 0.2) is 78.5 Å². The summed E-state index contributed by atoms with van der Waals surface area (Å²) in [6, 6.07) is 20.7. The van der Waals surface area contributed by atoms with Crippen molar-refractivity contribution in [1.82, 2.24) is 0 Å². The van der Waals surface area contributed by atoms with Crippen LogP contribution in [0.4, 0.5) is 11.4 Å². The average Bonchev–Trinajstić information content (AvgIpc) is 2.98. The number of nitrogens with zero attached hydrogens (tertiary/aromatic N) is 1. The smallest absolute Gasteiger partial charge is 0.282 e. The highest BCUT2D eigenvalue weighted by Gasteiger charge is 2.40. The second kappa shape index (κ2) is 8.22. The van der Waals surface area contributed by atoms with Crippen LogP contribution in [0.2, 0.25) is 10.0 Å². The van der Waals surface area contributed by atoms with Crippen LogP contribution < -0.4 is 15.0 Å². The molecule has 1 aliphatic heterocycles. The number of benzene rings is 3. The number of methoxy groups -OCH3 is 1. The first-order valence-corrected chi connectivity index (χ1v) is 9.80. The van der Waals surface area contributed by atoms with E-state index in [2.05, 4.69) is 5.32 Å². The molecule has 5 nitrogen and oxygen atoms in total. The van der Waals surface area contributed by atoms with Crippen molar-refractivity contribution in [3.8, 4) is 5.75 Å². The van der Waals surface area contributed by atoms with Crippen LogP contribution in [-0.4, -0.2) is 18.9 Å². The fraction of sp³-hybridized carbons (Fsp3) is 0.0435. The number of carbonyl (C=O) groups excluding carboxylic acids is 2. The van der Waals surface area contributed by atoms with Crippen molar-refractivity contribution in [3.63, 3.8) is 0 Å². The van der Waals surface area contributed by atoms with E-state index >= 15 is 0 Å². The molecule has 0 atom stereocenters. The predicted octanol–water partition coefficient (Wildman–Crippen LogP) is 5.40. The van der Waals surface area contributed by atoms with Crippen molar-refractivity contribution >= 4 is 52.0 Å². The molecule has 3 aromatic carbocycles. The largest absolute Gasteiger partial charge is 0.495 e. The Morgan fingerprint density at radius 1 is 0.867 bits per heavy atom. The zero-order valence-corrected chi connectivity index (χ0v) is 17.4. The molecule has 7 heteroatoms. The summed E-state index contributed by atoms with van der Waals surface area (Å²) in [4.78, 5) is 27.7. The Bertz CT molecular complexity index is 1180. The van der Waals surface area contributed by atoms with E-state index in [1.165, 1.54) is 7.11 Å². The number of ether oxygens (including phenoxy) is 1. The first-order chi connectivity index (χ1) is 14.5. The van der Waals surface area contributed by atoms with Gasteiger partial charge in [0.05, 0.1) is 23.4 Å². The normalized spacial score (nSPS) is 13.8. The third-order valence-electron chi connectivity index (χ3n) is 4.63. The molecular formula is C23H16Cl2N2O3. The maximum absolute atomic E-state index is 13.3. The Hall–Kier alpha value is -3.28. The average molecular weight is 439 g/mol. The molecule has 0 unspecified atom stereocenters. The van der Waals surface area contributed by atoms with Gasteiger partial charge in [-0.3, -0.25) is 9.59 Å². The number of amides is 2. The van der Waals surface area contributed by atoms with Crippen LogP contribution in [0.3, 0.4) is 0 Å². The van der Waals surface area contributed by atoms with Crippen LogP contribution in [0.1, 0.15) is 5.56 Å². The molecular weight excluding hydrogens is 423 g/mol. The van der Waals surface area contributed by atoms with Crippen molar-refractivity contribution < 1.29 is 14.3 Å². The van der Waals surface area contributed by atoms with Crippen molar-refractivity contribution in [2.24, 2.45) is 0 Å². The molecule has 0 spiro atoms. The number of imide groups is 1. The Morgan fingerprint density at radius 2 is 1.63 bits per heavy atom. The van der Waals surface area contributed by atoms with Gasteiger partial charge in [0.2, 0.25) is 0 Å². The zero-order valence-electron chi connectivity index (χ0n) is 15.9. The SMILES string of the molecule is COc1ccc(NC2=C(c3ccccc3)C(=O)N(c3cccc(Cl)c3)C2=O)cc1Cl. The van der Waals surface area contributed by atoms with Gasteiger partial charge in [-0.1, -0.05) is 59.6 Å². The van der Waals surface area contributed by atoms with E-state index in [0.717, 1.165) is 4.90 Å². The highest BCUT2D eigenvalue weighted by Crippen LogP contribution is 2.35. The van der Waals surface area contributed by atoms with Crippen molar-refractivity contribution in [2.75, 3.05) is 17.3 Å². The number of rotatable bonds is 5. The standard InChI is InChI=1S/C23H16Cl2N2O3/c1-30-19-11-10-16(13-18(19)25)26-21-20(14-6-3-2-4-7-14)22(28)27(23(21)29)17-9-5-8-15(24)12-17/h2-13,26H,1H3. The predicted molar refractivity (Wildman–Crippen MR) is 119 cm³/mol. The summed E-state index contributed by atoms with van der Waals surface area (Å²) in [7, 11) is 1.52. The molecule has 0 radical (unpaired) electrons. The summed E-state index contributed by atoms with van der Waals surface area (Å²) in [5, 5.41) is 3.88. The van der Waals surface area contributed by atoms with Gasteiger partial charge in [0.15, 0.2) is 0 Å². The Balaban J connectivity index is 1.80. The second-order valence-corrected chi connectivity index (χ2v) is 7.36. The fourth-order valence-corrected chi connectivity index (χ4v) is 3.70. The first kappa shape index (κ1) is 20.0. The zero-order chi connectivity index (χ0) is 21.3. The summed E-state index contributed by atoms with van der Waals surface area (Å²) >= 11 is 12.3. The van der Waals surface area contributed by atoms with E-state index in [0.29, 0.717) is 32.7 Å². The van der Waals surface area contributed by atoms with E-state index in [-0.39, 0.29) is 11.3 Å². The minimum absolute atomic E-state index is 0.160. The third-order valence-corrected chi connectivity index (χ3v) is 5.16. The Labute approximate surface area is 183 Å². The molecule has 0 bridgehead atoms. The first-order valence-electron chi connectivity index (χ1n) is 9.04. The highest BCUT2D eigenvalue weighted by atomic mass is 35.5. The maximum Gasteiger partial charge on any atom is 0.282 e. The maximum atomic E-state index is 13.3. The van der Waals surface area contributed by atoms with Crippen LogP contribution in [0, 0.1) is 0 Å². The Morgan fingerprint density at radius 3 is 2.30 bits per heavy atom. The van der Waals surface area contributed by atoms with Crippen molar-refractivity contribution in [1.29, 1.82) is 0 Å². The van der Waals surface area contributed by atoms with E-state index < -0.39 is 11.8 Å². The van der Waals surface area contributed by atoms with Gasteiger partial charge in [0, 0.05) is 10.7 Å². The van der Waals surface area contributed by atoms with Crippen LogP contribution in [-0.2, 0) is 9.59 Å². The van der Waals surface area contributed by atoms with Gasteiger partial charge in [-0.15, -0.1) is 0 Å². The molecule has 4 rings (SSSR count). The van der Waals surface area contributed by atoms with Gasteiger partial charge >= 0.3 is 0 Å². The summed E-state index contributed by atoms with van der Waals surface area (Å²) in [5.41, 5.74) is 2.01. The molecule has 0 saturated heterocycles. The molecule has 3 aromatic rings.